The number of benzene rings is 2. The van der Waals surface area contributed by atoms with Gasteiger partial charge in [0.1, 0.15) is 5.75 Å². The molecule has 3 rings (SSSR count). The minimum absolute atomic E-state index is 0.0195. The molecule has 0 saturated heterocycles. The third-order valence-corrected chi connectivity index (χ3v) is 4.56. The highest BCUT2D eigenvalue weighted by molar-refractivity contribution is 5.98. The van der Waals surface area contributed by atoms with E-state index in [4.69, 9.17) is 5.73 Å². The number of rotatable bonds is 4. The second kappa shape index (κ2) is 6.32. The van der Waals surface area contributed by atoms with Gasteiger partial charge >= 0.3 is 0 Å². The number of fused-ring (bicyclic) bond motifs is 1. The van der Waals surface area contributed by atoms with Crippen LogP contribution in [-0.4, -0.2) is 16.9 Å². The number of Topliss-reactive ketones (excluding diaryl/α,β-unsaturated/α-hetero) is 1. The molecule has 22 heavy (non-hydrogen) atoms. The summed E-state index contributed by atoms with van der Waals surface area (Å²) in [7, 11) is 0. The first-order chi connectivity index (χ1) is 10.6. The van der Waals surface area contributed by atoms with E-state index in [0.717, 1.165) is 36.0 Å². The van der Waals surface area contributed by atoms with Crippen LogP contribution in [0, 0.1) is 5.92 Å². The van der Waals surface area contributed by atoms with Crippen LogP contribution in [0.2, 0.25) is 0 Å². The number of phenolic OH excluding ortho intramolecular Hbond substituents is 1. The molecule has 0 bridgehead atoms. The maximum absolute atomic E-state index is 12.2. The number of hydrogen-bond acceptors (Lipinski definition) is 3. The summed E-state index contributed by atoms with van der Waals surface area (Å²) in [5, 5.41) is 9.30. The van der Waals surface area contributed by atoms with E-state index in [9.17, 15) is 9.90 Å². The van der Waals surface area contributed by atoms with Crippen molar-refractivity contribution in [2.45, 2.75) is 31.7 Å². The van der Waals surface area contributed by atoms with E-state index in [-0.39, 0.29) is 23.5 Å². The fraction of sp³-hybridized carbons (Fsp3) is 0.316. The van der Waals surface area contributed by atoms with E-state index in [2.05, 4.69) is 0 Å². The monoisotopic (exact) mass is 295 g/mol. The van der Waals surface area contributed by atoms with Crippen LogP contribution in [0.3, 0.4) is 0 Å². The van der Waals surface area contributed by atoms with Crippen molar-refractivity contribution in [1.29, 1.82) is 0 Å². The van der Waals surface area contributed by atoms with E-state index >= 15 is 0 Å². The smallest absolute Gasteiger partial charge is 0.163 e. The average molecular weight is 295 g/mol. The lowest BCUT2D eigenvalue weighted by Gasteiger charge is -2.28. The molecule has 3 nitrogen and oxygen atoms in total. The van der Waals surface area contributed by atoms with Crippen molar-refractivity contribution in [3.05, 3.63) is 65.2 Å². The average Bonchev–Trinajstić information content (AvgIpc) is 2.54. The Morgan fingerprint density at radius 3 is 2.59 bits per heavy atom. The quantitative estimate of drug-likeness (QED) is 0.911. The maximum Gasteiger partial charge on any atom is 0.163 e. The first-order valence-electron chi connectivity index (χ1n) is 7.78. The highest BCUT2D eigenvalue weighted by atomic mass is 16.3. The second-order valence-corrected chi connectivity index (χ2v) is 6.12. The summed E-state index contributed by atoms with van der Waals surface area (Å²) in [5.74, 6) is 0.717. The highest BCUT2D eigenvalue weighted by Gasteiger charge is 2.28. The van der Waals surface area contributed by atoms with E-state index in [0.29, 0.717) is 6.42 Å². The summed E-state index contributed by atoms with van der Waals surface area (Å²) in [6, 6.07) is 15.1. The zero-order valence-electron chi connectivity index (χ0n) is 12.5. The first-order valence-corrected chi connectivity index (χ1v) is 7.78. The van der Waals surface area contributed by atoms with Gasteiger partial charge in [-0.1, -0.05) is 36.4 Å². The topological polar surface area (TPSA) is 63.3 Å². The second-order valence-electron chi connectivity index (χ2n) is 6.12. The zero-order valence-corrected chi connectivity index (χ0v) is 12.5. The van der Waals surface area contributed by atoms with Crippen molar-refractivity contribution in [2.75, 3.05) is 0 Å². The van der Waals surface area contributed by atoms with Crippen LogP contribution >= 0.6 is 0 Å². The van der Waals surface area contributed by atoms with Crippen molar-refractivity contribution in [3.8, 4) is 5.75 Å². The molecule has 2 unspecified atom stereocenters. The molecule has 0 fully saturated rings. The molecule has 3 N–H and O–H groups in total. The molecule has 0 heterocycles. The van der Waals surface area contributed by atoms with Gasteiger partial charge in [0, 0.05) is 18.0 Å². The molecular weight excluding hydrogens is 274 g/mol. The van der Waals surface area contributed by atoms with E-state index in [1.54, 1.807) is 12.1 Å². The van der Waals surface area contributed by atoms with Crippen molar-refractivity contribution in [2.24, 2.45) is 11.7 Å². The van der Waals surface area contributed by atoms with Gasteiger partial charge in [-0.3, -0.25) is 4.79 Å². The van der Waals surface area contributed by atoms with Crippen LogP contribution in [0.15, 0.2) is 48.5 Å². The maximum atomic E-state index is 12.2. The van der Waals surface area contributed by atoms with E-state index in [1.165, 1.54) is 0 Å². The SMILES string of the molecule is NC(CCc1ccc(O)cc1)C1CC(=O)c2ccccc2C1. The lowest BCUT2D eigenvalue weighted by molar-refractivity contribution is 0.0939. The van der Waals surface area contributed by atoms with Crippen LogP contribution in [0.1, 0.15) is 34.3 Å². The van der Waals surface area contributed by atoms with Crippen molar-refractivity contribution >= 4 is 5.78 Å². The zero-order chi connectivity index (χ0) is 15.5. The molecule has 1 aliphatic carbocycles. The number of phenols is 1. The Morgan fingerprint density at radius 2 is 1.82 bits per heavy atom. The molecule has 0 spiro atoms. The number of aryl methyl sites for hydroxylation is 1. The third kappa shape index (κ3) is 3.20. The summed E-state index contributed by atoms with van der Waals surface area (Å²) in [6.45, 7) is 0. The van der Waals surface area contributed by atoms with Crippen LogP contribution in [0.25, 0.3) is 0 Å². The Labute approximate surface area is 130 Å². The molecule has 0 aliphatic heterocycles. The van der Waals surface area contributed by atoms with Gasteiger partial charge in [0.25, 0.3) is 0 Å². The molecule has 0 amide bonds. The van der Waals surface area contributed by atoms with Crippen LogP contribution in [0.5, 0.6) is 5.75 Å². The molecular formula is C19H21NO2. The van der Waals surface area contributed by atoms with Crippen molar-refractivity contribution in [3.63, 3.8) is 0 Å². The predicted molar refractivity (Wildman–Crippen MR) is 87.0 cm³/mol. The Morgan fingerprint density at radius 1 is 1.09 bits per heavy atom. The Bertz CT molecular complexity index is 663. The van der Waals surface area contributed by atoms with Gasteiger partial charge in [0.15, 0.2) is 5.78 Å². The number of hydrogen-bond donors (Lipinski definition) is 2. The van der Waals surface area contributed by atoms with Crippen LogP contribution < -0.4 is 5.73 Å². The third-order valence-electron chi connectivity index (χ3n) is 4.56. The van der Waals surface area contributed by atoms with Gasteiger partial charge < -0.3 is 10.8 Å². The standard InChI is InChI=1S/C19H21NO2/c20-18(10-7-13-5-8-16(21)9-6-13)15-11-14-3-1-2-4-17(14)19(22)12-15/h1-6,8-9,15,18,21H,7,10-12,20H2. The summed E-state index contributed by atoms with van der Waals surface area (Å²) in [5.41, 5.74) is 9.50. The summed E-state index contributed by atoms with van der Waals surface area (Å²) in [4.78, 5) is 12.2. The molecule has 2 aromatic rings. The van der Waals surface area contributed by atoms with Crippen molar-refractivity contribution in [1.82, 2.24) is 0 Å². The lowest BCUT2D eigenvalue weighted by Crippen LogP contribution is -2.36. The van der Waals surface area contributed by atoms with Gasteiger partial charge in [0.2, 0.25) is 0 Å². The Hall–Kier alpha value is -2.13. The summed E-state index contributed by atoms with van der Waals surface area (Å²) < 4.78 is 0. The molecule has 0 radical (unpaired) electrons. The minimum Gasteiger partial charge on any atom is -0.508 e. The number of carbonyl (C=O) groups is 1. The molecule has 1 aliphatic rings. The fourth-order valence-electron chi connectivity index (χ4n) is 3.21. The minimum atomic E-state index is 0.0195. The summed E-state index contributed by atoms with van der Waals surface area (Å²) >= 11 is 0. The fourth-order valence-corrected chi connectivity index (χ4v) is 3.21. The molecule has 2 aromatic carbocycles. The van der Waals surface area contributed by atoms with E-state index in [1.807, 2.05) is 36.4 Å². The van der Waals surface area contributed by atoms with Gasteiger partial charge in [-0.05, 0) is 48.4 Å². The normalized spacial score (nSPS) is 18.8. The van der Waals surface area contributed by atoms with Crippen LogP contribution in [-0.2, 0) is 12.8 Å². The molecule has 2 atom stereocenters. The molecule has 3 heteroatoms. The largest absolute Gasteiger partial charge is 0.508 e. The molecule has 114 valence electrons. The van der Waals surface area contributed by atoms with Crippen LogP contribution in [0.4, 0.5) is 0 Å². The number of ketones is 1. The summed E-state index contributed by atoms with van der Waals surface area (Å²) in [6.07, 6.45) is 3.16. The van der Waals surface area contributed by atoms with E-state index < -0.39 is 0 Å². The molecule has 0 saturated carbocycles. The number of carbonyl (C=O) groups excluding carboxylic acids is 1. The number of nitrogens with two attached hydrogens (primary N) is 1. The number of aromatic hydroxyl groups is 1. The lowest BCUT2D eigenvalue weighted by atomic mass is 9.78. The first kappa shape index (κ1) is 14.8. The van der Waals surface area contributed by atoms with Crippen molar-refractivity contribution < 1.29 is 9.90 Å². The predicted octanol–water partition coefficient (Wildman–Crippen LogP) is 3.10. The van der Waals surface area contributed by atoms with Gasteiger partial charge in [-0.2, -0.15) is 0 Å². The Balaban J connectivity index is 1.62. The van der Waals surface area contributed by atoms with Gasteiger partial charge in [0.05, 0.1) is 0 Å². The molecule has 0 aromatic heterocycles. The highest BCUT2D eigenvalue weighted by Crippen LogP contribution is 2.28. The Kier molecular flexibility index (Phi) is 4.25. The van der Waals surface area contributed by atoms with Gasteiger partial charge in [-0.15, -0.1) is 0 Å². The van der Waals surface area contributed by atoms with Gasteiger partial charge in [-0.25, -0.2) is 0 Å².